The zero-order valence-corrected chi connectivity index (χ0v) is 13.1. The van der Waals surface area contributed by atoms with Gasteiger partial charge in [-0.2, -0.15) is 0 Å². The summed E-state index contributed by atoms with van der Waals surface area (Å²) in [6.07, 6.45) is 2.11. The van der Waals surface area contributed by atoms with E-state index in [-0.39, 0.29) is 0 Å². The van der Waals surface area contributed by atoms with Crippen LogP contribution < -0.4 is 14.2 Å². The molecule has 4 nitrogen and oxygen atoms in total. The third kappa shape index (κ3) is 3.79. The highest BCUT2D eigenvalue weighted by atomic mass is 16.5. The van der Waals surface area contributed by atoms with Crippen LogP contribution in [-0.2, 0) is 6.42 Å². The summed E-state index contributed by atoms with van der Waals surface area (Å²) in [7, 11) is 3.08. The summed E-state index contributed by atoms with van der Waals surface area (Å²) in [6, 6.07) is 12.5. The largest absolute Gasteiger partial charge is 0.493 e. The van der Waals surface area contributed by atoms with Crippen LogP contribution in [0.25, 0.3) is 0 Å². The summed E-state index contributed by atoms with van der Waals surface area (Å²) < 4.78 is 15.7. The van der Waals surface area contributed by atoms with Crippen LogP contribution in [0.1, 0.15) is 29.3 Å². The maximum absolute atomic E-state index is 12.2. The number of ether oxygens (including phenoxy) is 3. The molecule has 2 rings (SSSR count). The van der Waals surface area contributed by atoms with E-state index in [1.807, 2.05) is 24.3 Å². The molecule has 0 heterocycles. The lowest BCUT2D eigenvalue weighted by Crippen LogP contribution is -2.09. The molecule has 0 bridgehead atoms. The lowest BCUT2D eigenvalue weighted by atomic mass is 10.1. The molecule has 2 aromatic carbocycles. The molecule has 2 aromatic rings. The fourth-order valence-electron chi connectivity index (χ4n) is 2.14. The van der Waals surface area contributed by atoms with Crippen LogP contribution in [0, 0.1) is 0 Å². The van der Waals surface area contributed by atoms with Gasteiger partial charge in [-0.25, -0.2) is 4.79 Å². The van der Waals surface area contributed by atoms with E-state index in [2.05, 4.69) is 6.92 Å². The number of carbonyl (C=O) groups is 1. The molecule has 0 saturated carbocycles. The first-order chi connectivity index (χ1) is 10.7. The van der Waals surface area contributed by atoms with Gasteiger partial charge < -0.3 is 14.2 Å². The maximum atomic E-state index is 12.2. The van der Waals surface area contributed by atoms with Gasteiger partial charge in [0.05, 0.1) is 19.8 Å². The third-order valence-corrected chi connectivity index (χ3v) is 3.29. The van der Waals surface area contributed by atoms with Gasteiger partial charge in [-0.15, -0.1) is 0 Å². The molecule has 0 spiro atoms. The van der Waals surface area contributed by atoms with Crippen molar-refractivity contribution in [1.29, 1.82) is 0 Å². The molecular weight excluding hydrogens is 280 g/mol. The van der Waals surface area contributed by atoms with Gasteiger partial charge in [-0.1, -0.05) is 25.5 Å². The van der Waals surface area contributed by atoms with Crippen molar-refractivity contribution >= 4 is 5.97 Å². The summed E-state index contributed by atoms with van der Waals surface area (Å²) >= 11 is 0. The maximum Gasteiger partial charge on any atom is 0.343 e. The molecule has 0 aliphatic carbocycles. The number of hydrogen-bond donors (Lipinski definition) is 0. The minimum atomic E-state index is -0.427. The van der Waals surface area contributed by atoms with E-state index in [0.717, 1.165) is 12.8 Å². The highest BCUT2D eigenvalue weighted by Crippen LogP contribution is 2.28. The molecule has 22 heavy (non-hydrogen) atoms. The van der Waals surface area contributed by atoms with Gasteiger partial charge in [-0.3, -0.25) is 0 Å². The smallest absolute Gasteiger partial charge is 0.343 e. The van der Waals surface area contributed by atoms with Gasteiger partial charge in [0.2, 0.25) is 0 Å². The zero-order chi connectivity index (χ0) is 15.9. The van der Waals surface area contributed by atoms with Crippen molar-refractivity contribution < 1.29 is 19.0 Å². The molecule has 0 fully saturated rings. The van der Waals surface area contributed by atoms with Crippen LogP contribution in [0.5, 0.6) is 17.2 Å². The summed E-state index contributed by atoms with van der Waals surface area (Å²) in [6.45, 7) is 2.13. The van der Waals surface area contributed by atoms with Crippen molar-refractivity contribution in [2.45, 2.75) is 19.8 Å². The molecule has 0 amide bonds. The minimum absolute atomic E-state index is 0.412. The van der Waals surface area contributed by atoms with Crippen molar-refractivity contribution in [3.05, 3.63) is 53.6 Å². The van der Waals surface area contributed by atoms with Crippen LogP contribution in [0.4, 0.5) is 0 Å². The molecule has 0 saturated heterocycles. The van der Waals surface area contributed by atoms with E-state index in [1.54, 1.807) is 25.3 Å². The van der Waals surface area contributed by atoms with E-state index < -0.39 is 5.97 Å². The monoisotopic (exact) mass is 300 g/mol. The fraction of sp³-hybridized carbons (Fsp3) is 0.278. The van der Waals surface area contributed by atoms with Gasteiger partial charge in [0.15, 0.2) is 11.5 Å². The van der Waals surface area contributed by atoms with E-state index >= 15 is 0 Å². The number of methoxy groups -OCH3 is 2. The highest BCUT2D eigenvalue weighted by molar-refractivity contribution is 5.91. The molecule has 0 atom stereocenters. The van der Waals surface area contributed by atoms with E-state index in [9.17, 15) is 4.79 Å². The van der Waals surface area contributed by atoms with Gasteiger partial charge in [0.1, 0.15) is 5.75 Å². The average Bonchev–Trinajstić information content (AvgIpc) is 2.56. The Morgan fingerprint density at radius 2 is 1.64 bits per heavy atom. The van der Waals surface area contributed by atoms with Crippen LogP contribution in [0.2, 0.25) is 0 Å². The van der Waals surface area contributed by atoms with Crippen LogP contribution >= 0.6 is 0 Å². The van der Waals surface area contributed by atoms with Crippen LogP contribution in [0.3, 0.4) is 0 Å². The number of rotatable bonds is 6. The normalized spacial score (nSPS) is 10.1. The van der Waals surface area contributed by atoms with Crippen LogP contribution in [-0.4, -0.2) is 20.2 Å². The second kappa shape index (κ2) is 7.50. The first-order valence-corrected chi connectivity index (χ1v) is 7.21. The molecular formula is C18H20O4. The van der Waals surface area contributed by atoms with Gasteiger partial charge in [-0.05, 0) is 42.3 Å². The summed E-state index contributed by atoms with van der Waals surface area (Å²) in [4.78, 5) is 12.2. The lowest BCUT2D eigenvalue weighted by molar-refractivity contribution is 0.0734. The number of hydrogen-bond acceptors (Lipinski definition) is 4. The Labute approximate surface area is 130 Å². The van der Waals surface area contributed by atoms with Gasteiger partial charge in [0.25, 0.3) is 0 Å². The molecule has 0 unspecified atom stereocenters. The summed E-state index contributed by atoms with van der Waals surface area (Å²) in [5, 5.41) is 0. The van der Waals surface area contributed by atoms with Crippen molar-refractivity contribution in [1.82, 2.24) is 0 Å². The lowest BCUT2D eigenvalue weighted by Gasteiger charge is -2.09. The molecule has 116 valence electrons. The number of esters is 1. The van der Waals surface area contributed by atoms with Crippen molar-refractivity contribution in [3.63, 3.8) is 0 Å². The average molecular weight is 300 g/mol. The Bertz CT molecular complexity index is 632. The topological polar surface area (TPSA) is 44.8 Å². The molecule has 0 N–H and O–H groups in total. The Hall–Kier alpha value is -2.49. The Balaban J connectivity index is 2.11. The second-order valence-corrected chi connectivity index (χ2v) is 4.85. The van der Waals surface area contributed by atoms with Crippen molar-refractivity contribution in [2.75, 3.05) is 14.2 Å². The number of carbonyl (C=O) groups excluding carboxylic acids is 1. The minimum Gasteiger partial charge on any atom is -0.493 e. The summed E-state index contributed by atoms with van der Waals surface area (Å²) in [5.41, 5.74) is 1.64. The highest BCUT2D eigenvalue weighted by Gasteiger charge is 2.12. The fourth-order valence-corrected chi connectivity index (χ4v) is 2.14. The molecule has 4 heteroatoms. The van der Waals surface area contributed by atoms with Gasteiger partial charge >= 0.3 is 5.97 Å². The van der Waals surface area contributed by atoms with E-state index in [0.29, 0.717) is 22.8 Å². The first kappa shape index (κ1) is 15.9. The number of benzene rings is 2. The molecule has 0 aliphatic rings. The predicted octanol–water partition coefficient (Wildman–Crippen LogP) is 3.88. The quantitative estimate of drug-likeness (QED) is 0.600. The molecule has 0 radical (unpaired) electrons. The second-order valence-electron chi connectivity index (χ2n) is 4.85. The predicted molar refractivity (Wildman–Crippen MR) is 84.9 cm³/mol. The molecule has 0 aliphatic heterocycles. The number of aryl methyl sites for hydroxylation is 1. The van der Waals surface area contributed by atoms with Gasteiger partial charge in [0, 0.05) is 0 Å². The van der Waals surface area contributed by atoms with Crippen molar-refractivity contribution in [3.8, 4) is 17.2 Å². The van der Waals surface area contributed by atoms with E-state index in [1.165, 1.54) is 12.7 Å². The van der Waals surface area contributed by atoms with E-state index in [4.69, 9.17) is 14.2 Å². The Morgan fingerprint density at radius 1 is 0.955 bits per heavy atom. The van der Waals surface area contributed by atoms with Crippen LogP contribution in [0.15, 0.2) is 42.5 Å². The van der Waals surface area contributed by atoms with Crippen molar-refractivity contribution in [2.24, 2.45) is 0 Å². The SMILES string of the molecule is CCCc1ccc(OC(=O)c2ccc(OC)c(OC)c2)cc1. The Kier molecular flexibility index (Phi) is 5.42. The molecule has 0 aromatic heterocycles. The Morgan fingerprint density at radius 3 is 2.23 bits per heavy atom. The standard InChI is InChI=1S/C18H20O4/c1-4-5-13-6-9-15(10-7-13)22-18(19)14-8-11-16(20-2)17(12-14)21-3/h6-12H,4-5H2,1-3H3. The third-order valence-electron chi connectivity index (χ3n) is 3.29. The summed E-state index contributed by atoms with van der Waals surface area (Å²) in [5.74, 6) is 1.17. The zero-order valence-electron chi connectivity index (χ0n) is 13.1. The first-order valence-electron chi connectivity index (χ1n) is 7.21.